The normalized spacial score (nSPS) is 17.4. The predicted molar refractivity (Wildman–Crippen MR) is 84.2 cm³/mol. The lowest BCUT2D eigenvalue weighted by Crippen LogP contribution is -2.18. The van der Waals surface area contributed by atoms with E-state index in [1.54, 1.807) is 11.3 Å². The molecule has 98 valence electrons. The van der Waals surface area contributed by atoms with Gasteiger partial charge in [0.15, 0.2) is 0 Å². The number of rotatable bonds is 2. The van der Waals surface area contributed by atoms with Crippen LogP contribution in [0.5, 0.6) is 0 Å². The molecule has 3 rings (SSSR count). The first-order valence-electron chi connectivity index (χ1n) is 6.22. The molecule has 3 nitrogen and oxygen atoms in total. The maximum atomic E-state index is 4.64. The van der Waals surface area contributed by atoms with Gasteiger partial charge >= 0.3 is 0 Å². The number of hydrogen-bond donors (Lipinski definition) is 0. The van der Waals surface area contributed by atoms with Crippen molar-refractivity contribution in [2.45, 2.75) is 12.8 Å². The summed E-state index contributed by atoms with van der Waals surface area (Å²) in [4.78, 5) is 11.4. The quantitative estimate of drug-likeness (QED) is 0.817. The Morgan fingerprint density at radius 2 is 2.11 bits per heavy atom. The van der Waals surface area contributed by atoms with Crippen molar-refractivity contribution in [2.24, 2.45) is 4.99 Å². The minimum Gasteiger partial charge on any atom is -0.363 e. The Morgan fingerprint density at radius 1 is 1.32 bits per heavy atom. The van der Waals surface area contributed by atoms with E-state index in [0.717, 1.165) is 39.7 Å². The monoisotopic (exact) mass is 335 g/mol. The third-order valence-electron chi connectivity index (χ3n) is 3.19. The van der Waals surface area contributed by atoms with Crippen LogP contribution in [0.4, 0.5) is 5.13 Å². The van der Waals surface area contributed by atoms with E-state index >= 15 is 0 Å². The summed E-state index contributed by atoms with van der Waals surface area (Å²) in [5.41, 5.74) is 2.13. The molecule has 1 saturated heterocycles. The number of thiazole rings is 1. The van der Waals surface area contributed by atoms with Crippen LogP contribution >= 0.6 is 27.3 Å². The van der Waals surface area contributed by atoms with Gasteiger partial charge in [0, 0.05) is 35.4 Å². The molecule has 1 aromatic heterocycles. The number of likely N-dealkylation sites (tertiary alicyclic amines) is 1. The Labute approximate surface area is 125 Å². The summed E-state index contributed by atoms with van der Waals surface area (Å²) < 4.78 is 1.08. The molecule has 1 aliphatic heterocycles. The molecule has 0 atom stereocenters. The number of aliphatic imine (C=N–C) groups is 1. The maximum absolute atomic E-state index is 4.64. The number of benzene rings is 1. The van der Waals surface area contributed by atoms with Crippen molar-refractivity contribution in [3.05, 3.63) is 34.1 Å². The summed E-state index contributed by atoms with van der Waals surface area (Å²) in [6.45, 7) is 1.10. The summed E-state index contributed by atoms with van der Waals surface area (Å²) >= 11 is 5.04. The smallest absolute Gasteiger partial charge is 0.211 e. The van der Waals surface area contributed by atoms with E-state index in [-0.39, 0.29) is 0 Å². The van der Waals surface area contributed by atoms with Crippen LogP contribution in [-0.2, 0) is 0 Å². The summed E-state index contributed by atoms with van der Waals surface area (Å²) in [5, 5.41) is 2.92. The zero-order valence-corrected chi connectivity index (χ0v) is 13.0. The van der Waals surface area contributed by atoms with Crippen LogP contribution in [-0.4, -0.2) is 29.3 Å². The van der Waals surface area contributed by atoms with Gasteiger partial charge in [0.1, 0.15) is 5.84 Å². The minimum absolute atomic E-state index is 0.849. The number of nitrogens with zero attached hydrogens (tertiary/aromatic N) is 3. The highest BCUT2D eigenvalue weighted by Gasteiger charge is 2.15. The third-order valence-corrected chi connectivity index (χ3v) is 4.45. The first-order valence-corrected chi connectivity index (χ1v) is 7.90. The lowest BCUT2D eigenvalue weighted by Gasteiger charge is -2.09. The van der Waals surface area contributed by atoms with Gasteiger partial charge in [-0.3, -0.25) is 0 Å². The second-order valence-electron chi connectivity index (χ2n) is 4.58. The SMILES string of the molecule is CN1CCC/C1=N/c1nc(-c2ccc(Br)cc2)cs1. The summed E-state index contributed by atoms with van der Waals surface area (Å²) in [5.74, 6) is 1.15. The van der Waals surface area contributed by atoms with Crippen molar-refractivity contribution in [3.63, 3.8) is 0 Å². The van der Waals surface area contributed by atoms with E-state index in [4.69, 9.17) is 0 Å². The predicted octanol–water partition coefficient (Wildman–Crippen LogP) is 4.33. The minimum atomic E-state index is 0.849. The number of hydrogen-bond acceptors (Lipinski definition) is 3. The van der Waals surface area contributed by atoms with E-state index in [0.29, 0.717) is 0 Å². The van der Waals surface area contributed by atoms with Gasteiger partial charge in [-0.15, -0.1) is 11.3 Å². The first kappa shape index (κ1) is 12.8. The summed E-state index contributed by atoms with van der Waals surface area (Å²) in [7, 11) is 2.09. The van der Waals surface area contributed by atoms with Gasteiger partial charge in [-0.1, -0.05) is 28.1 Å². The van der Waals surface area contributed by atoms with Gasteiger partial charge in [0.05, 0.1) is 5.69 Å². The van der Waals surface area contributed by atoms with E-state index < -0.39 is 0 Å². The lowest BCUT2D eigenvalue weighted by molar-refractivity contribution is 0.550. The zero-order chi connectivity index (χ0) is 13.2. The van der Waals surface area contributed by atoms with Crippen LogP contribution in [0, 0.1) is 0 Å². The average Bonchev–Trinajstić information content (AvgIpc) is 3.01. The van der Waals surface area contributed by atoms with Gasteiger partial charge in [-0.2, -0.15) is 0 Å². The molecule has 0 unspecified atom stereocenters. The van der Waals surface area contributed by atoms with E-state index in [1.807, 2.05) is 12.1 Å². The fourth-order valence-corrected chi connectivity index (χ4v) is 3.09. The Hall–Kier alpha value is -1.20. The first-order chi connectivity index (χ1) is 9.22. The Bertz CT molecular complexity index is 603. The fraction of sp³-hybridized carbons (Fsp3) is 0.286. The zero-order valence-electron chi connectivity index (χ0n) is 10.6. The molecule has 2 heterocycles. The number of halogens is 1. The van der Waals surface area contributed by atoms with Gasteiger partial charge in [-0.25, -0.2) is 9.98 Å². The van der Waals surface area contributed by atoms with Crippen LogP contribution in [0.3, 0.4) is 0 Å². The van der Waals surface area contributed by atoms with Crippen molar-refractivity contribution >= 4 is 38.2 Å². The molecule has 1 aromatic carbocycles. The lowest BCUT2D eigenvalue weighted by atomic mass is 10.2. The highest BCUT2D eigenvalue weighted by atomic mass is 79.9. The molecule has 1 aliphatic rings. The molecule has 0 amide bonds. The molecule has 5 heteroatoms. The Balaban J connectivity index is 1.85. The van der Waals surface area contributed by atoms with Crippen LogP contribution < -0.4 is 0 Å². The molecular formula is C14H14BrN3S. The fourth-order valence-electron chi connectivity index (χ4n) is 2.11. The molecule has 0 bridgehead atoms. The second-order valence-corrected chi connectivity index (χ2v) is 6.33. The molecule has 19 heavy (non-hydrogen) atoms. The molecule has 0 N–H and O–H groups in total. The molecule has 0 saturated carbocycles. The molecule has 2 aromatic rings. The van der Waals surface area contributed by atoms with Crippen LogP contribution in [0.15, 0.2) is 39.1 Å². The van der Waals surface area contributed by atoms with E-state index in [2.05, 4.69) is 55.4 Å². The van der Waals surface area contributed by atoms with Crippen molar-refractivity contribution in [1.29, 1.82) is 0 Å². The summed E-state index contributed by atoms with van der Waals surface area (Å²) in [6.07, 6.45) is 2.25. The average molecular weight is 336 g/mol. The highest BCUT2D eigenvalue weighted by Crippen LogP contribution is 2.28. The van der Waals surface area contributed by atoms with Gasteiger partial charge in [-0.05, 0) is 18.6 Å². The molecule has 0 spiro atoms. The number of aromatic nitrogens is 1. The summed E-state index contributed by atoms with van der Waals surface area (Å²) in [6, 6.07) is 8.20. The largest absolute Gasteiger partial charge is 0.363 e. The molecule has 0 aliphatic carbocycles. The van der Waals surface area contributed by atoms with Crippen LogP contribution in [0.1, 0.15) is 12.8 Å². The third kappa shape index (κ3) is 2.87. The van der Waals surface area contributed by atoms with Crippen LogP contribution in [0.25, 0.3) is 11.3 Å². The van der Waals surface area contributed by atoms with Crippen molar-refractivity contribution in [2.75, 3.05) is 13.6 Å². The van der Waals surface area contributed by atoms with Gasteiger partial charge in [0.25, 0.3) is 0 Å². The van der Waals surface area contributed by atoms with Gasteiger partial charge in [0.2, 0.25) is 5.13 Å². The Morgan fingerprint density at radius 3 is 2.79 bits per heavy atom. The topological polar surface area (TPSA) is 28.5 Å². The standard InChI is InChI=1S/C14H14BrN3S/c1-18-8-2-3-13(18)17-14-16-12(9-19-14)10-4-6-11(15)7-5-10/h4-7,9H,2-3,8H2,1H3/b17-13-. The molecule has 1 fully saturated rings. The molecular weight excluding hydrogens is 322 g/mol. The Kier molecular flexibility index (Phi) is 3.66. The van der Waals surface area contributed by atoms with Crippen molar-refractivity contribution in [1.82, 2.24) is 9.88 Å². The van der Waals surface area contributed by atoms with Crippen molar-refractivity contribution < 1.29 is 0 Å². The maximum Gasteiger partial charge on any atom is 0.211 e. The highest BCUT2D eigenvalue weighted by molar-refractivity contribution is 9.10. The second kappa shape index (κ2) is 5.43. The molecule has 0 radical (unpaired) electrons. The van der Waals surface area contributed by atoms with Crippen molar-refractivity contribution in [3.8, 4) is 11.3 Å². The van der Waals surface area contributed by atoms with E-state index in [9.17, 15) is 0 Å². The van der Waals surface area contributed by atoms with E-state index in [1.165, 1.54) is 6.42 Å². The van der Waals surface area contributed by atoms with Crippen LogP contribution in [0.2, 0.25) is 0 Å². The van der Waals surface area contributed by atoms with Gasteiger partial charge < -0.3 is 4.90 Å². The number of amidine groups is 1.